The molecule has 0 aliphatic carbocycles. The van der Waals surface area contributed by atoms with Crippen LogP contribution in [0.3, 0.4) is 0 Å². The molecule has 1 aromatic carbocycles. The van der Waals surface area contributed by atoms with Gasteiger partial charge in [0, 0.05) is 17.0 Å². The summed E-state index contributed by atoms with van der Waals surface area (Å²) in [5, 5.41) is 11.0. The van der Waals surface area contributed by atoms with Crippen molar-refractivity contribution >= 4 is 33.4 Å². The number of hydrogen-bond donors (Lipinski definition) is 2. The highest BCUT2D eigenvalue weighted by molar-refractivity contribution is 8.00. The van der Waals surface area contributed by atoms with Crippen molar-refractivity contribution in [1.29, 1.82) is 5.26 Å². The third kappa shape index (κ3) is 7.95. The molecule has 0 saturated carbocycles. The van der Waals surface area contributed by atoms with Crippen molar-refractivity contribution in [3.8, 4) is 6.07 Å². The number of alkyl halides is 3. The zero-order valence-corrected chi connectivity index (χ0v) is 14.6. The highest BCUT2D eigenvalue weighted by Crippen LogP contribution is 2.38. The van der Waals surface area contributed by atoms with Gasteiger partial charge in [0.15, 0.2) is 0 Å². The molecular weight excluding hydrogens is 379 g/mol. The molecule has 1 amide bonds. The Balaban J connectivity index is 3.08. The summed E-state index contributed by atoms with van der Waals surface area (Å²) in [6, 6.07) is 4.87. The van der Waals surface area contributed by atoms with Gasteiger partial charge < -0.3 is 5.32 Å². The lowest BCUT2D eigenvalue weighted by Crippen LogP contribution is -2.26. The van der Waals surface area contributed by atoms with Gasteiger partial charge >= 0.3 is 5.51 Å². The SMILES string of the molecule is C=C(C#N)CCNC(=O)c1cc(SC(F)(F)F)ccc1NS(C)(=O)=O. The number of nitriles is 1. The number of rotatable bonds is 7. The van der Waals surface area contributed by atoms with Crippen molar-refractivity contribution in [2.45, 2.75) is 16.8 Å². The molecule has 1 aromatic rings. The van der Waals surface area contributed by atoms with Gasteiger partial charge in [0.2, 0.25) is 10.0 Å². The number of anilines is 1. The fraction of sp³-hybridized carbons (Fsp3) is 0.286. The summed E-state index contributed by atoms with van der Waals surface area (Å²) >= 11 is -0.423. The largest absolute Gasteiger partial charge is 0.446 e. The molecule has 0 heterocycles. The molecule has 25 heavy (non-hydrogen) atoms. The molecule has 0 saturated heterocycles. The van der Waals surface area contributed by atoms with Crippen LogP contribution in [0.15, 0.2) is 35.2 Å². The molecule has 6 nitrogen and oxygen atoms in total. The van der Waals surface area contributed by atoms with Crippen molar-refractivity contribution in [2.75, 3.05) is 17.5 Å². The predicted molar refractivity (Wildman–Crippen MR) is 88.5 cm³/mol. The number of nitrogens with zero attached hydrogens (tertiary/aromatic N) is 1. The molecule has 11 heteroatoms. The molecule has 0 atom stereocenters. The molecule has 0 spiro atoms. The minimum absolute atomic E-state index is 0.0280. The molecule has 0 bridgehead atoms. The van der Waals surface area contributed by atoms with E-state index in [0.717, 1.165) is 24.5 Å². The van der Waals surface area contributed by atoms with Gasteiger partial charge in [-0.3, -0.25) is 9.52 Å². The Kier molecular flexibility index (Phi) is 6.89. The van der Waals surface area contributed by atoms with Crippen molar-refractivity contribution in [3.63, 3.8) is 0 Å². The lowest BCUT2D eigenvalue weighted by Gasteiger charge is -2.13. The fourth-order valence-electron chi connectivity index (χ4n) is 1.68. The Morgan fingerprint density at radius 3 is 2.56 bits per heavy atom. The maximum Gasteiger partial charge on any atom is 0.446 e. The van der Waals surface area contributed by atoms with Gasteiger partial charge in [-0.05, 0) is 36.4 Å². The Morgan fingerprint density at radius 1 is 1.40 bits per heavy atom. The van der Waals surface area contributed by atoms with Crippen LogP contribution in [0.2, 0.25) is 0 Å². The van der Waals surface area contributed by atoms with Gasteiger partial charge in [0.1, 0.15) is 0 Å². The Hall–Kier alpha value is -2.19. The first-order valence-corrected chi connectivity index (χ1v) is 9.36. The maximum atomic E-state index is 12.5. The number of sulfonamides is 1. The normalized spacial score (nSPS) is 11.5. The molecule has 2 N–H and O–H groups in total. The van der Waals surface area contributed by atoms with Gasteiger partial charge in [0.25, 0.3) is 5.91 Å². The van der Waals surface area contributed by atoms with Crippen LogP contribution >= 0.6 is 11.8 Å². The molecule has 1 rings (SSSR count). The molecular formula is C14H14F3N3O3S2. The summed E-state index contributed by atoms with van der Waals surface area (Å²) in [6.45, 7) is 3.46. The molecule has 0 aliphatic heterocycles. The zero-order valence-electron chi connectivity index (χ0n) is 13.0. The standard InChI is InChI=1S/C14H14F3N3O3S2/c1-9(8-18)5-6-19-13(21)11-7-10(24-14(15,16)17)3-4-12(11)20-25(2,22)23/h3-4,7,20H,1,5-6H2,2H3,(H,19,21). The van der Waals surface area contributed by atoms with E-state index < -0.39 is 33.2 Å². The molecule has 136 valence electrons. The van der Waals surface area contributed by atoms with Gasteiger partial charge in [-0.2, -0.15) is 18.4 Å². The maximum absolute atomic E-state index is 12.5. The first-order chi connectivity index (χ1) is 11.4. The number of halogens is 3. The van der Waals surface area contributed by atoms with Gasteiger partial charge in [0.05, 0.1) is 23.6 Å². The van der Waals surface area contributed by atoms with E-state index in [0.29, 0.717) is 0 Å². The van der Waals surface area contributed by atoms with Gasteiger partial charge in [-0.1, -0.05) is 6.58 Å². The first kappa shape index (κ1) is 20.9. The summed E-state index contributed by atoms with van der Waals surface area (Å²) < 4.78 is 62.3. The molecule has 0 radical (unpaired) electrons. The van der Waals surface area contributed by atoms with Crippen LogP contribution in [0.5, 0.6) is 0 Å². The summed E-state index contributed by atoms with van der Waals surface area (Å²) in [6.07, 6.45) is 1.01. The van der Waals surface area contributed by atoms with Crippen molar-refractivity contribution in [2.24, 2.45) is 0 Å². The lowest BCUT2D eigenvalue weighted by molar-refractivity contribution is -0.0328. The average molecular weight is 393 g/mol. The smallest absolute Gasteiger partial charge is 0.352 e. The van der Waals surface area contributed by atoms with Crippen molar-refractivity contribution in [3.05, 3.63) is 35.9 Å². The topological polar surface area (TPSA) is 99.1 Å². The van der Waals surface area contributed by atoms with Gasteiger partial charge in [-0.15, -0.1) is 0 Å². The Morgan fingerprint density at radius 2 is 2.04 bits per heavy atom. The molecule has 0 fully saturated rings. The number of hydrogen-bond acceptors (Lipinski definition) is 5. The van der Waals surface area contributed by atoms with E-state index in [4.69, 9.17) is 5.26 Å². The van der Waals surface area contributed by atoms with Crippen LogP contribution < -0.4 is 10.0 Å². The summed E-state index contributed by atoms with van der Waals surface area (Å²) in [5.41, 5.74) is -4.74. The first-order valence-electron chi connectivity index (χ1n) is 6.65. The minimum Gasteiger partial charge on any atom is -0.352 e. The summed E-state index contributed by atoms with van der Waals surface area (Å²) in [4.78, 5) is 11.9. The number of amides is 1. The highest BCUT2D eigenvalue weighted by Gasteiger charge is 2.30. The molecule has 0 aromatic heterocycles. The number of thioether (sulfide) groups is 1. The van der Waals surface area contributed by atoms with Crippen LogP contribution in [-0.2, 0) is 10.0 Å². The van der Waals surface area contributed by atoms with Crippen LogP contribution in [0.25, 0.3) is 0 Å². The van der Waals surface area contributed by atoms with Crippen LogP contribution in [-0.4, -0.2) is 32.6 Å². The van der Waals surface area contributed by atoms with E-state index in [1.807, 2.05) is 0 Å². The third-order valence-corrected chi connectivity index (χ3v) is 3.95. The average Bonchev–Trinajstić information content (AvgIpc) is 2.45. The number of benzene rings is 1. The van der Waals surface area contributed by atoms with Crippen LogP contribution in [0.4, 0.5) is 18.9 Å². The Bertz CT molecular complexity index is 815. The Labute approximate surface area is 147 Å². The zero-order chi connectivity index (χ0) is 19.3. The quantitative estimate of drug-likeness (QED) is 0.548. The molecule has 0 aliphatic rings. The van der Waals surface area contributed by atoms with E-state index in [1.165, 1.54) is 0 Å². The van der Waals surface area contributed by atoms with Crippen LogP contribution in [0.1, 0.15) is 16.8 Å². The number of nitrogens with one attached hydrogen (secondary N) is 2. The van der Waals surface area contributed by atoms with E-state index >= 15 is 0 Å². The predicted octanol–water partition coefficient (Wildman–Crippen LogP) is 2.87. The van der Waals surface area contributed by atoms with E-state index in [9.17, 15) is 26.4 Å². The van der Waals surface area contributed by atoms with Crippen molar-refractivity contribution in [1.82, 2.24) is 5.32 Å². The van der Waals surface area contributed by atoms with E-state index in [-0.39, 0.29) is 34.7 Å². The number of carbonyl (C=O) groups excluding carboxylic acids is 1. The van der Waals surface area contributed by atoms with E-state index in [2.05, 4.69) is 16.6 Å². The highest BCUT2D eigenvalue weighted by atomic mass is 32.2. The van der Waals surface area contributed by atoms with Gasteiger partial charge in [-0.25, -0.2) is 8.42 Å². The monoisotopic (exact) mass is 393 g/mol. The summed E-state index contributed by atoms with van der Waals surface area (Å²) in [7, 11) is -3.74. The lowest BCUT2D eigenvalue weighted by atomic mass is 10.1. The van der Waals surface area contributed by atoms with Crippen LogP contribution in [0, 0.1) is 11.3 Å². The fourth-order valence-corrected chi connectivity index (χ4v) is 2.83. The summed E-state index contributed by atoms with van der Waals surface area (Å²) in [5.74, 6) is -0.776. The van der Waals surface area contributed by atoms with Crippen molar-refractivity contribution < 1.29 is 26.4 Å². The second-order valence-corrected chi connectivity index (χ2v) is 7.74. The second kappa shape index (κ2) is 8.26. The third-order valence-electron chi connectivity index (χ3n) is 2.64. The minimum atomic E-state index is -4.55. The molecule has 0 unspecified atom stereocenters. The van der Waals surface area contributed by atoms with E-state index in [1.54, 1.807) is 6.07 Å². The second-order valence-electron chi connectivity index (χ2n) is 4.85. The number of carbonyl (C=O) groups is 1.